The third-order valence-corrected chi connectivity index (χ3v) is 5.05. The summed E-state index contributed by atoms with van der Waals surface area (Å²) in [5.74, 6) is 1.09. The van der Waals surface area contributed by atoms with Crippen molar-refractivity contribution in [2.75, 3.05) is 12.3 Å². The minimum absolute atomic E-state index is 0.356. The number of benzene rings is 2. The van der Waals surface area contributed by atoms with Crippen LogP contribution in [0.3, 0.4) is 0 Å². The lowest BCUT2D eigenvalue weighted by Crippen LogP contribution is -2.01. The summed E-state index contributed by atoms with van der Waals surface area (Å²) in [6.45, 7) is 0.683. The molecule has 1 heterocycles. The van der Waals surface area contributed by atoms with Crippen LogP contribution in [0.4, 0.5) is 5.95 Å². The molecule has 4 nitrogen and oxygen atoms in total. The van der Waals surface area contributed by atoms with Crippen molar-refractivity contribution in [3.05, 3.63) is 58.2 Å². The molecule has 0 saturated heterocycles. The topological polar surface area (TPSA) is 61.0 Å². The van der Waals surface area contributed by atoms with Gasteiger partial charge in [-0.15, -0.1) is 0 Å². The van der Waals surface area contributed by atoms with Crippen molar-refractivity contribution in [1.29, 1.82) is 0 Å². The van der Waals surface area contributed by atoms with Gasteiger partial charge in [0.15, 0.2) is 0 Å². The lowest BCUT2D eigenvalue weighted by Gasteiger charge is -2.08. The Hall–Kier alpha value is -2.04. The number of ether oxygens (including phenoxy) is 1. The van der Waals surface area contributed by atoms with E-state index in [-0.39, 0.29) is 0 Å². The van der Waals surface area contributed by atoms with Crippen molar-refractivity contribution in [2.24, 2.45) is 0 Å². The van der Waals surface area contributed by atoms with Gasteiger partial charge in [0.2, 0.25) is 5.95 Å². The van der Waals surface area contributed by atoms with Crippen molar-refractivity contribution < 1.29 is 4.74 Å². The van der Waals surface area contributed by atoms with Crippen LogP contribution in [0.2, 0.25) is 10.0 Å². The molecule has 0 fully saturated rings. The smallest absolute Gasteiger partial charge is 0.220 e. The molecule has 0 aliphatic carbocycles. The zero-order valence-electron chi connectivity index (χ0n) is 15.8. The van der Waals surface area contributed by atoms with E-state index in [1.165, 1.54) is 19.3 Å². The second kappa shape index (κ2) is 10.5. The van der Waals surface area contributed by atoms with Gasteiger partial charge in [0.1, 0.15) is 5.75 Å². The molecule has 0 saturated carbocycles. The summed E-state index contributed by atoms with van der Waals surface area (Å²) in [7, 11) is 0. The van der Waals surface area contributed by atoms with Crippen LogP contribution in [0.15, 0.2) is 42.5 Å². The molecule has 0 spiro atoms. The normalized spacial score (nSPS) is 11.1. The van der Waals surface area contributed by atoms with Crippen LogP contribution in [0.25, 0.3) is 10.9 Å². The molecule has 0 radical (unpaired) electrons. The Morgan fingerprint density at radius 1 is 0.821 bits per heavy atom. The van der Waals surface area contributed by atoms with Crippen molar-refractivity contribution in [3.8, 4) is 5.75 Å². The minimum atomic E-state index is 0.356. The maximum Gasteiger partial charge on any atom is 0.220 e. The number of para-hydroxylation sites is 1. The largest absolute Gasteiger partial charge is 0.493 e. The highest BCUT2D eigenvalue weighted by Crippen LogP contribution is 2.24. The second-order valence-corrected chi connectivity index (χ2v) is 7.74. The highest BCUT2D eigenvalue weighted by Gasteiger charge is 2.05. The van der Waals surface area contributed by atoms with Gasteiger partial charge in [0, 0.05) is 15.4 Å². The monoisotopic (exact) mass is 417 g/mol. The van der Waals surface area contributed by atoms with E-state index in [0.29, 0.717) is 22.6 Å². The molecule has 3 rings (SSSR count). The molecule has 0 aliphatic heterocycles. The van der Waals surface area contributed by atoms with E-state index in [9.17, 15) is 0 Å². The van der Waals surface area contributed by atoms with Gasteiger partial charge in [-0.2, -0.15) is 0 Å². The summed E-state index contributed by atoms with van der Waals surface area (Å²) in [5.41, 5.74) is 7.81. The molecular formula is C22H25Cl2N3O. The Bertz CT molecular complexity index is 897. The third kappa shape index (κ3) is 6.25. The molecule has 0 unspecified atom stereocenters. The first-order valence-corrected chi connectivity index (χ1v) is 10.5. The van der Waals surface area contributed by atoms with Gasteiger partial charge in [-0.1, -0.05) is 67.1 Å². The molecule has 6 heteroatoms. The van der Waals surface area contributed by atoms with Crippen LogP contribution < -0.4 is 10.5 Å². The predicted octanol–water partition coefficient (Wildman–Crippen LogP) is 6.48. The number of hydrogen-bond acceptors (Lipinski definition) is 4. The van der Waals surface area contributed by atoms with Gasteiger partial charge in [0.05, 0.1) is 17.8 Å². The number of fused-ring (bicyclic) bond motifs is 1. The number of nitrogens with zero attached hydrogens (tertiary/aromatic N) is 2. The van der Waals surface area contributed by atoms with E-state index in [0.717, 1.165) is 48.0 Å². The maximum absolute atomic E-state index is 5.97. The van der Waals surface area contributed by atoms with Crippen LogP contribution in [-0.2, 0) is 6.42 Å². The number of halogens is 2. The number of aryl methyl sites for hydroxylation is 1. The first kappa shape index (κ1) is 20.7. The van der Waals surface area contributed by atoms with Gasteiger partial charge in [0.25, 0.3) is 0 Å². The lowest BCUT2D eigenvalue weighted by molar-refractivity contribution is 0.304. The van der Waals surface area contributed by atoms with Crippen molar-refractivity contribution in [3.63, 3.8) is 0 Å². The molecule has 0 bridgehead atoms. The molecular weight excluding hydrogens is 393 g/mol. The van der Waals surface area contributed by atoms with Gasteiger partial charge in [-0.25, -0.2) is 9.97 Å². The lowest BCUT2D eigenvalue weighted by atomic mass is 10.1. The van der Waals surface area contributed by atoms with Gasteiger partial charge in [-0.05, 0) is 43.5 Å². The maximum atomic E-state index is 5.97. The molecule has 2 N–H and O–H groups in total. The van der Waals surface area contributed by atoms with Gasteiger partial charge < -0.3 is 10.5 Å². The average Bonchev–Trinajstić information content (AvgIpc) is 2.65. The van der Waals surface area contributed by atoms with Crippen LogP contribution in [0.1, 0.15) is 44.2 Å². The Labute approximate surface area is 176 Å². The minimum Gasteiger partial charge on any atom is -0.493 e. The Morgan fingerprint density at radius 3 is 2.29 bits per heavy atom. The standard InChI is InChI=1S/C22H25Cl2N3O/c23-16-13-17(24)15-18(14-16)28-12-8-4-2-1-3-5-10-20-19-9-6-7-11-21(19)27-22(25)26-20/h6-7,9,11,13-15H,1-5,8,10,12H2,(H2,25,26,27). The zero-order valence-corrected chi connectivity index (χ0v) is 17.3. The number of nitrogen functional groups attached to an aromatic ring is 1. The Morgan fingerprint density at radius 2 is 1.50 bits per heavy atom. The average molecular weight is 418 g/mol. The zero-order chi connectivity index (χ0) is 19.8. The molecule has 0 atom stereocenters. The van der Waals surface area contributed by atoms with E-state index >= 15 is 0 Å². The number of hydrogen-bond donors (Lipinski definition) is 1. The first-order valence-electron chi connectivity index (χ1n) is 9.72. The first-order chi connectivity index (χ1) is 13.6. The van der Waals surface area contributed by atoms with Crippen LogP contribution in [0, 0.1) is 0 Å². The van der Waals surface area contributed by atoms with Crippen molar-refractivity contribution in [2.45, 2.75) is 44.9 Å². The highest BCUT2D eigenvalue weighted by molar-refractivity contribution is 6.34. The second-order valence-electron chi connectivity index (χ2n) is 6.87. The number of unbranched alkanes of at least 4 members (excludes halogenated alkanes) is 5. The number of rotatable bonds is 10. The van der Waals surface area contributed by atoms with E-state index in [1.807, 2.05) is 18.2 Å². The summed E-state index contributed by atoms with van der Waals surface area (Å²) >= 11 is 11.9. The SMILES string of the molecule is Nc1nc(CCCCCCCCOc2cc(Cl)cc(Cl)c2)c2ccccc2n1. The van der Waals surface area contributed by atoms with Gasteiger partial charge in [-0.3, -0.25) is 0 Å². The van der Waals surface area contributed by atoms with Gasteiger partial charge >= 0.3 is 0 Å². The summed E-state index contributed by atoms with van der Waals surface area (Å²) in [6, 6.07) is 13.3. The third-order valence-electron chi connectivity index (χ3n) is 4.61. The van der Waals surface area contributed by atoms with Crippen LogP contribution in [-0.4, -0.2) is 16.6 Å². The fourth-order valence-corrected chi connectivity index (χ4v) is 3.76. The molecule has 0 amide bonds. The summed E-state index contributed by atoms with van der Waals surface area (Å²) in [5, 5.41) is 2.30. The molecule has 28 heavy (non-hydrogen) atoms. The molecule has 2 aromatic carbocycles. The van der Waals surface area contributed by atoms with E-state index < -0.39 is 0 Å². The van der Waals surface area contributed by atoms with Crippen molar-refractivity contribution in [1.82, 2.24) is 9.97 Å². The highest BCUT2D eigenvalue weighted by atomic mass is 35.5. The summed E-state index contributed by atoms with van der Waals surface area (Å²) < 4.78 is 5.71. The molecule has 3 aromatic rings. The van der Waals surface area contributed by atoms with Crippen molar-refractivity contribution >= 4 is 40.1 Å². The molecule has 148 valence electrons. The quantitative estimate of drug-likeness (QED) is 0.383. The Balaban J connectivity index is 1.31. The van der Waals surface area contributed by atoms with Crippen LogP contribution >= 0.6 is 23.2 Å². The molecule has 1 aromatic heterocycles. The molecule has 0 aliphatic rings. The summed E-state index contributed by atoms with van der Waals surface area (Å²) in [4.78, 5) is 8.73. The fraction of sp³-hybridized carbons (Fsp3) is 0.364. The number of nitrogens with two attached hydrogens (primary N) is 1. The predicted molar refractivity (Wildman–Crippen MR) is 117 cm³/mol. The van der Waals surface area contributed by atoms with E-state index in [1.54, 1.807) is 18.2 Å². The van der Waals surface area contributed by atoms with E-state index in [2.05, 4.69) is 16.0 Å². The van der Waals surface area contributed by atoms with Crippen LogP contribution in [0.5, 0.6) is 5.75 Å². The summed E-state index contributed by atoms with van der Waals surface area (Å²) in [6.07, 6.45) is 7.82. The number of anilines is 1. The fourth-order valence-electron chi connectivity index (χ4n) is 3.26. The number of aromatic nitrogens is 2. The van der Waals surface area contributed by atoms with E-state index in [4.69, 9.17) is 33.7 Å². The Kier molecular flexibility index (Phi) is 7.75.